The van der Waals surface area contributed by atoms with E-state index in [2.05, 4.69) is 9.47 Å². The molecule has 0 aliphatic rings. The standard InChI is InChI=1S/C37H18F14O12/c38-31(39,17-3-7-19(8-4-17)62-29(60)15-1-11-21(25(52)53)23(13-15)27(56)57)33(42,43)35(46,47)37(50,51)36(48,49)34(44,45)32(40,41)18-5-9-20(10-6-18)63-30(61)16-2-12-22(26(54)55)24(14-16)28(58)59/h1-14H,(H,52,53)(H,54,55)(H,56,57)(H,58,59). The van der Waals surface area contributed by atoms with Crippen LogP contribution in [0.15, 0.2) is 84.9 Å². The van der Waals surface area contributed by atoms with E-state index in [0.29, 0.717) is 36.4 Å². The van der Waals surface area contributed by atoms with Gasteiger partial charge in [-0.1, -0.05) is 0 Å². The number of esters is 2. The van der Waals surface area contributed by atoms with Crippen molar-refractivity contribution in [2.24, 2.45) is 0 Å². The molecular weight excluding hydrogens is 902 g/mol. The van der Waals surface area contributed by atoms with Crippen molar-refractivity contribution < 1.29 is 120 Å². The lowest BCUT2D eigenvalue weighted by atomic mass is 9.86. The average Bonchev–Trinajstić information content (AvgIpc) is 3.20. The van der Waals surface area contributed by atoms with E-state index < -0.39 is 133 Å². The number of carboxylic acid groups (broad SMARTS) is 4. The fourth-order valence-corrected chi connectivity index (χ4v) is 5.21. The molecule has 0 aliphatic carbocycles. The number of aromatic carboxylic acids is 4. The lowest BCUT2D eigenvalue weighted by molar-refractivity contribution is -0.444. The summed E-state index contributed by atoms with van der Waals surface area (Å²) in [5, 5.41) is 36.4. The van der Waals surface area contributed by atoms with Crippen LogP contribution in [0.5, 0.6) is 11.5 Å². The lowest BCUT2D eigenvalue weighted by Gasteiger charge is -2.42. The number of halogens is 14. The molecule has 0 aliphatic heterocycles. The highest BCUT2D eigenvalue weighted by Crippen LogP contribution is 2.64. The number of hydrogen-bond acceptors (Lipinski definition) is 8. The fraction of sp³-hybridized carbons (Fsp3) is 0.189. The molecule has 63 heavy (non-hydrogen) atoms. The number of rotatable bonds is 16. The van der Waals surface area contributed by atoms with Crippen molar-refractivity contribution in [3.63, 3.8) is 0 Å². The van der Waals surface area contributed by atoms with Crippen molar-refractivity contribution in [1.82, 2.24) is 0 Å². The molecular formula is C37H18F14O12. The third kappa shape index (κ3) is 8.14. The van der Waals surface area contributed by atoms with Crippen LogP contribution in [0, 0.1) is 0 Å². The second kappa shape index (κ2) is 16.2. The first-order chi connectivity index (χ1) is 28.7. The Morgan fingerprint density at radius 2 is 0.603 bits per heavy atom. The molecule has 4 N–H and O–H groups in total. The van der Waals surface area contributed by atoms with E-state index in [1.807, 2.05) is 0 Å². The number of alkyl halides is 14. The van der Waals surface area contributed by atoms with Gasteiger partial charge in [0, 0.05) is 11.1 Å². The van der Waals surface area contributed by atoms with E-state index in [1.54, 1.807) is 0 Å². The molecule has 0 fully saturated rings. The Morgan fingerprint density at radius 3 is 0.857 bits per heavy atom. The molecule has 4 aromatic rings. The third-order valence-electron chi connectivity index (χ3n) is 8.65. The number of carbonyl (C=O) groups excluding carboxylic acids is 2. The Hall–Kier alpha value is -7.28. The van der Waals surface area contributed by atoms with Gasteiger partial charge in [-0.15, -0.1) is 0 Å². The Balaban J connectivity index is 1.58. The first-order valence-electron chi connectivity index (χ1n) is 16.2. The Bertz CT molecular complexity index is 2330. The molecule has 0 unspecified atom stereocenters. The summed E-state index contributed by atoms with van der Waals surface area (Å²) in [6, 6.07) is 2.48. The number of carboxylic acids is 4. The summed E-state index contributed by atoms with van der Waals surface area (Å²) < 4.78 is 217. The predicted molar refractivity (Wildman–Crippen MR) is 176 cm³/mol. The Morgan fingerprint density at radius 1 is 0.349 bits per heavy atom. The summed E-state index contributed by atoms with van der Waals surface area (Å²) in [4.78, 5) is 69.8. The molecule has 0 saturated carbocycles. The van der Waals surface area contributed by atoms with Crippen molar-refractivity contribution in [2.45, 2.75) is 41.5 Å². The molecule has 0 spiro atoms. The molecule has 4 aromatic carbocycles. The van der Waals surface area contributed by atoms with Gasteiger partial charge in [0.2, 0.25) is 0 Å². The molecule has 26 heteroatoms. The number of ether oxygens (including phenoxy) is 2. The maximum Gasteiger partial charge on any atom is 0.385 e. The molecule has 0 bridgehead atoms. The van der Waals surface area contributed by atoms with E-state index in [9.17, 15) is 90.2 Å². The normalized spacial score (nSPS) is 12.9. The Labute approximate surface area is 338 Å². The smallest absolute Gasteiger partial charge is 0.385 e. The summed E-state index contributed by atoms with van der Waals surface area (Å²) in [5.41, 5.74) is -10.0. The monoisotopic (exact) mass is 920 g/mol. The molecule has 4 rings (SSSR count). The highest BCUT2D eigenvalue weighted by molar-refractivity contribution is 6.05. The van der Waals surface area contributed by atoms with Gasteiger partial charge in [-0.3, -0.25) is 0 Å². The van der Waals surface area contributed by atoms with E-state index in [1.165, 1.54) is 0 Å². The topological polar surface area (TPSA) is 202 Å². The van der Waals surface area contributed by atoms with E-state index in [-0.39, 0.29) is 48.5 Å². The molecule has 0 atom stereocenters. The largest absolute Gasteiger partial charge is 0.478 e. The zero-order valence-corrected chi connectivity index (χ0v) is 29.9. The molecule has 0 radical (unpaired) electrons. The molecule has 0 saturated heterocycles. The fourth-order valence-electron chi connectivity index (χ4n) is 5.21. The molecule has 12 nitrogen and oxygen atoms in total. The van der Waals surface area contributed by atoms with Gasteiger partial charge in [0.05, 0.1) is 33.4 Å². The van der Waals surface area contributed by atoms with Crippen LogP contribution < -0.4 is 9.47 Å². The molecule has 0 aromatic heterocycles. The van der Waals surface area contributed by atoms with Gasteiger partial charge >= 0.3 is 77.3 Å². The van der Waals surface area contributed by atoms with Crippen LogP contribution in [-0.2, 0) is 11.8 Å². The minimum atomic E-state index is -8.47. The first kappa shape index (κ1) is 48.4. The Kier molecular flexibility index (Phi) is 12.4. The van der Waals surface area contributed by atoms with Gasteiger partial charge in [-0.25, -0.2) is 28.8 Å². The minimum Gasteiger partial charge on any atom is -0.478 e. The van der Waals surface area contributed by atoms with Gasteiger partial charge in [0.15, 0.2) is 0 Å². The van der Waals surface area contributed by atoms with Gasteiger partial charge < -0.3 is 29.9 Å². The zero-order valence-electron chi connectivity index (χ0n) is 29.9. The van der Waals surface area contributed by atoms with Crippen molar-refractivity contribution in [1.29, 1.82) is 0 Å². The van der Waals surface area contributed by atoms with Crippen LogP contribution in [0.4, 0.5) is 61.5 Å². The number of benzene rings is 4. The van der Waals surface area contributed by atoms with Gasteiger partial charge in [0.25, 0.3) is 0 Å². The van der Waals surface area contributed by atoms with Crippen molar-refractivity contribution >= 4 is 35.8 Å². The lowest BCUT2D eigenvalue weighted by Crippen LogP contribution is -2.72. The predicted octanol–water partition coefficient (Wildman–Crippen LogP) is 8.98. The van der Waals surface area contributed by atoms with Crippen molar-refractivity contribution in [3.05, 3.63) is 129 Å². The van der Waals surface area contributed by atoms with Crippen LogP contribution in [0.3, 0.4) is 0 Å². The second-order valence-corrected chi connectivity index (χ2v) is 12.6. The summed E-state index contributed by atoms with van der Waals surface area (Å²) in [6.07, 6.45) is 0. The van der Waals surface area contributed by atoms with E-state index in [4.69, 9.17) is 20.4 Å². The van der Waals surface area contributed by atoms with Crippen LogP contribution in [-0.4, -0.2) is 85.9 Å². The van der Waals surface area contributed by atoms with E-state index >= 15 is 0 Å². The highest BCUT2D eigenvalue weighted by Gasteiger charge is 2.93. The van der Waals surface area contributed by atoms with Gasteiger partial charge in [-0.05, 0) is 84.9 Å². The van der Waals surface area contributed by atoms with Gasteiger partial charge in [-0.2, -0.15) is 61.5 Å². The quantitative estimate of drug-likeness (QED) is 0.0473. The van der Waals surface area contributed by atoms with E-state index in [0.717, 1.165) is 0 Å². The van der Waals surface area contributed by atoms with Crippen molar-refractivity contribution in [2.75, 3.05) is 0 Å². The molecule has 0 heterocycles. The molecule has 336 valence electrons. The summed E-state index contributed by atoms with van der Waals surface area (Å²) in [6.45, 7) is 0. The maximum absolute atomic E-state index is 14.9. The van der Waals surface area contributed by atoms with Gasteiger partial charge in [0.1, 0.15) is 11.5 Å². The van der Waals surface area contributed by atoms with Crippen LogP contribution in [0.1, 0.15) is 73.3 Å². The summed E-state index contributed by atoms with van der Waals surface area (Å²) in [5.74, 6) is -66.7. The summed E-state index contributed by atoms with van der Waals surface area (Å²) in [7, 11) is 0. The second-order valence-electron chi connectivity index (χ2n) is 12.6. The van der Waals surface area contributed by atoms with Crippen LogP contribution >= 0.6 is 0 Å². The SMILES string of the molecule is O=C(Oc1ccc(C(F)(F)C(F)(F)C(F)(F)C(F)(F)C(F)(F)C(F)(F)C(F)(F)c2ccc(OC(=O)c3ccc(C(=O)O)c(C(=O)O)c3)cc2)cc1)c1ccc(C(=O)O)c(C(=O)O)c1. The number of hydrogen-bond donors (Lipinski definition) is 4. The average molecular weight is 921 g/mol. The number of carbonyl (C=O) groups is 6. The van der Waals surface area contributed by atoms with Crippen molar-refractivity contribution in [3.8, 4) is 11.5 Å². The minimum absolute atomic E-state index is 0.0838. The molecule has 0 amide bonds. The van der Waals surface area contributed by atoms with Crippen LogP contribution in [0.2, 0.25) is 0 Å². The maximum atomic E-state index is 14.9. The summed E-state index contributed by atoms with van der Waals surface area (Å²) >= 11 is 0. The first-order valence-corrected chi connectivity index (χ1v) is 16.2. The zero-order chi connectivity index (χ0) is 48.1. The van der Waals surface area contributed by atoms with Crippen LogP contribution in [0.25, 0.3) is 0 Å². The third-order valence-corrected chi connectivity index (χ3v) is 8.65. The highest BCUT2D eigenvalue weighted by atomic mass is 19.4.